The van der Waals surface area contributed by atoms with Gasteiger partial charge in [-0.1, -0.05) is 0 Å². The molecular weight excluding hydrogens is 220 g/mol. The highest BCUT2D eigenvalue weighted by molar-refractivity contribution is 7.98. The molecule has 90 valence electrons. The molecular formula is C12H20N2OS. The van der Waals surface area contributed by atoms with Crippen molar-refractivity contribution in [2.75, 3.05) is 24.0 Å². The molecule has 0 spiro atoms. The first-order chi connectivity index (χ1) is 7.56. The van der Waals surface area contributed by atoms with E-state index in [9.17, 15) is 5.11 Å². The van der Waals surface area contributed by atoms with E-state index in [4.69, 9.17) is 0 Å². The van der Waals surface area contributed by atoms with Crippen molar-refractivity contribution in [2.24, 2.45) is 0 Å². The second-order valence-electron chi connectivity index (χ2n) is 4.04. The average Bonchev–Trinajstić information content (AvgIpc) is 2.28. The minimum absolute atomic E-state index is 0.437. The molecule has 0 fully saturated rings. The van der Waals surface area contributed by atoms with Crippen molar-refractivity contribution in [3.05, 3.63) is 23.9 Å². The Hall–Kier alpha value is -0.740. The van der Waals surface area contributed by atoms with Crippen molar-refractivity contribution in [3.8, 4) is 0 Å². The van der Waals surface area contributed by atoms with Crippen LogP contribution in [0.2, 0.25) is 0 Å². The number of hydrogen-bond donors (Lipinski definition) is 1. The Morgan fingerprint density at radius 1 is 1.50 bits per heavy atom. The summed E-state index contributed by atoms with van der Waals surface area (Å²) in [5.41, 5.74) is 0.910. The van der Waals surface area contributed by atoms with Gasteiger partial charge in [0.15, 0.2) is 0 Å². The molecule has 1 N–H and O–H groups in total. The molecule has 0 aromatic carbocycles. The fraction of sp³-hybridized carbons (Fsp3) is 0.583. The van der Waals surface area contributed by atoms with E-state index in [0.717, 1.165) is 17.1 Å². The molecule has 2 atom stereocenters. The third-order valence-electron chi connectivity index (χ3n) is 2.68. The van der Waals surface area contributed by atoms with Gasteiger partial charge in [-0.3, -0.25) is 0 Å². The lowest BCUT2D eigenvalue weighted by molar-refractivity contribution is 0.199. The molecule has 0 saturated carbocycles. The quantitative estimate of drug-likeness (QED) is 0.857. The Morgan fingerprint density at radius 3 is 2.75 bits per heavy atom. The summed E-state index contributed by atoms with van der Waals surface area (Å²) in [4.78, 5) is 6.47. The number of nitrogens with zero attached hydrogens (tertiary/aromatic N) is 2. The number of aliphatic hydroxyl groups is 1. The van der Waals surface area contributed by atoms with E-state index in [1.807, 2.05) is 30.9 Å². The lowest BCUT2D eigenvalue weighted by atomic mass is 10.1. The predicted octanol–water partition coefficient (Wildman–Crippen LogP) is 2.32. The first-order valence-electron chi connectivity index (χ1n) is 5.42. The normalized spacial score (nSPS) is 14.6. The summed E-state index contributed by atoms with van der Waals surface area (Å²) in [6.07, 6.45) is 3.41. The number of aliphatic hydroxyl groups excluding tert-OH is 1. The van der Waals surface area contributed by atoms with Crippen LogP contribution in [0.1, 0.15) is 25.5 Å². The summed E-state index contributed by atoms with van der Waals surface area (Å²) in [5.74, 6) is 1.98. The molecule has 0 aliphatic heterocycles. The minimum atomic E-state index is -0.439. The van der Waals surface area contributed by atoms with E-state index in [0.29, 0.717) is 6.04 Å². The van der Waals surface area contributed by atoms with Gasteiger partial charge >= 0.3 is 0 Å². The third-order valence-corrected chi connectivity index (χ3v) is 3.50. The fourth-order valence-electron chi connectivity index (χ4n) is 1.47. The molecule has 1 aromatic rings. The number of thioether (sulfide) groups is 1. The topological polar surface area (TPSA) is 36.4 Å². The Bertz CT molecular complexity index is 331. The number of anilines is 1. The molecule has 0 bridgehead atoms. The summed E-state index contributed by atoms with van der Waals surface area (Å²) in [6, 6.07) is 4.23. The zero-order valence-electron chi connectivity index (χ0n) is 10.3. The van der Waals surface area contributed by atoms with Gasteiger partial charge in [0.2, 0.25) is 0 Å². The van der Waals surface area contributed by atoms with Crippen LogP contribution < -0.4 is 4.90 Å². The Balaban J connectivity index is 2.82. The molecule has 1 rings (SSSR count). The molecule has 1 aromatic heterocycles. The highest BCUT2D eigenvalue weighted by Gasteiger charge is 2.11. The summed E-state index contributed by atoms with van der Waals surface area (Å²) >= 11 is 1.82. The molecule has 0 aliphatic rings. The van der Waals surface area contributed by atoms with Crippen molar-refractivity contribution in [1.82, 2.24) is 4.98 Å². The van der Waals surface area contributed by atoms with Gasteiger partial charge in [0, 0.05) is 25.0 Å². The predicted molar refractivity (Wildman–Crippen MR) is 71.1 cm³/mol. The molecule has 0 amide bonds. The van der Waals surface area contributed by atoms with Crippen LogP contribution in [0, 0.1) is 0 Å². The average molecular weight is 240 g/mol. The molecule has 2 unspecified atom stereocenters. The van der Waals surface area contributed by atoms with Gasteiger partial charge in [-0.15, -0.1) is 0 Å². The van der Waals surface area contributed by atoms with Gasteiger partial charge in [0.05, 0.1) is 6.10 Å². The highest BCUT2D eigenvalue weighted by Crippen LogP contribution is 2.19. The van der Waals surface area contributed by atoms with E-state index in [1.54, 1.807) is 13.1 Å². The van der Waals surface area contributed by atoms with Crippen LogP contribution >= 0.6 is 11.8 Å². The van der Waals surface area contributed by atoms with Crippen LogP contribution in [0.15, 0.2) is 18.3 Å². The molecule has 0 aliphatic carbocycles. The van der Waals surface area contributed by atoms with Crippen molar-refractivity contribution < 1.29 is 5.11 Å². The largest absolute Gasteiger partial charge is 0.389 e. The second kappa shape index (κ2) is 6.11. The summed E-state index contributed by atoms with van der Waals surface area (Å²) in [7, 11) is 2.04. The maximum Gasteiger partial charge on any atom is 0.128 e. The molecule has 16 heavy (non-hydrogen) atoms. The van der Waals surface area contributed by atoms with Gasteiger partial charge < -0.3 is 10.0 Å². The van der Waals surface area contributed by atoms with Crippen LogP contribution in [0.5, 0.6) is 0 Å². The van der Waals surface area contributed by atoms with E-state index >= 15 is 0 Å². The molecule has 0 radical (unpaired) electrons. The zero-order valence-corrected chi connectivity index (χ0v) is 11.2. The Kier molecular flexibility index (Phi) is 5.09. The number of pyridine rings is 1. The molecule has 0 saturated heterocycles. The van der Waals surface area contributed by atoms with Crippen molar-refractivity contribution in [1.29, 1.82) is 0 Å². The van der Waals surface area contributed by atoms with Crippen LogP contribution in [-0.4, -0.2) is 35.2 Å². The first kappa shape index (κ1) is 13.3. The smallest absolute Gasteiger partial charge is 0.128 e. The SMILES string of the molecule is CSCC(C)N(C)c1cc(C(C)O)ccn1. The van der Waals surface area contributed by atoms with Crippen molar-refractivity contribution in [2.45, 2.75) is 26.0 Å². The standard InChI is InChI=1S/C12H20N2OS/c1-9(8-16-4)14(3)12-7-11(10(2)15)5-6-13-12/h5-7,9-10,15H,8H2,1-4H3. The third kappa shape index (κ3) is 3.39. The maximum absolute atomic E-state index is 9.52. The van der Waals surface area contributed by atoms with Crippen LogP contribution in [0.4, 0.5) is 5.82 Å². The highest BCUT2D eigenvalue weighted by atomic mass is 32.2. The minimum Gasteiger partial charge on any atom is -0.389 e. The van der Waals surface area contributed by atoms with Crippen LogP contribution in [-0.2, 0) is 0 Å². The molecule has 3 nitrogen and oxygen atoms in total. The van der Waals surface area contributed by atoms with Gasteiger partial charge in [-0.05, 0) is 37.8 Å². The van der Waals surface area contributed by atoms with Crippen molar-refractivity contribution >= 4 is 17.6 Å². The summed E-state index contributed by atoms with van der Waals surface area (Å²) < 4.78 is 0. The molecule has 1 heterocycles. The first-order valence-corrected chi connectivity index (χ1v) is 6.81. The van der Waals surface area contributed by atoms with E-state index in [2.05, 4.69) is 23.1 Å². The van der Waals surface area contributed by atoms with E-state index in [1.165, 1.54) is 0 Å². The van der Waals surface area contributed by atoms with Gasteiger partial charge in [-0.2, -0.15) is 11.8 Å². The summed E-state index contributed by atoms with van der Waals surface area (Å²) in [5, 5.41) is 9.52. The van der Waals surface area contributed by atoms with Gasteiger partial charge in [-0.25, -0.2) is 4.98 Å². The van der Waals surface area contributed by atoms with Crippen LogP contribution in [0.3, 0.4) is 0 Å². The van der Waals surface area contributed by atoms with Gasteiger partial charge in [0.25, 0.3) is 0 Å². The van der Waals surface area contributed by atoms with E-state index in [-0.39, 0.29) is 0 Å². The lowest BCUT2D eigenvalue weighted by Crippen LogP contribution is -2.31. The van der Waals surface area contributed by atoms with E-state index < -0.39 is 6.10 Å². The van der Waals surface area contributed by atoms with Crippen LogP contribution in [0.25, 0.3) is 0 Å². The fourth-order valence-corrected chi connectivity index (χ4v) is 2.17. The second-order valence-corrected chi connectivity index (χ2v) is 4.95. The maximum atomic E-state index is 9.52. The lowest BCUT2D eigenvalue weighted by Gasteiger charge is -2.25. The Morgan fingerprint density at radius 2 is 2.19 bits per heavy atom. The Labute approximate surface area is 102 Å². The number of hydrogen-bond acceptors (Lipinski definition) is 4. The van der Waals surface area contributed by atoms with Crippen molar-refractivity contribution in [3.63, 3.8) is 0 Å². The summed E-state index contributed by atoms with van der Waals surface area (Å²) in [6.45, 7) is 3.94. The van der Waals surface area contributed by atoms with Gasteiger partial charge in [0.1, 0.15) is 5.82 Å². The monoisotopic (exact) mass is 240 g/mol. The number of rotatable bonds is 5. The molecule has 4 heteroatoms. The number of aromatic nitrogens is 1. The zero-order chi connectivity index (χ0) is 12.1.